The van der Waals surface area contributed by atoms with Crippen molar-refractivity contribution in [1.82, 2.24) is 4.98 Å². The average Bonchev–Trinajstić information content (AvgIpc) is 2.85. The maximum absolute atomic E-state index is 12.5. The molecule has 2 N–H and O–H groups in total. The lowest BCUT2D eigenvalue weighted by Crippen LogP contribution is -2.23. The molecule has 1 aromatic rings. The molecular formula is C12H13ClF3N3O2. The van der Waals surface area contributed by atoms with Gasteiger partial charge in [-0.05, 0) is 13.0 Å². The number of pyridine rings is 1. The molecule has 116 valence electrons. The third-order valence-electron chi connectivity index (χ3n) is 2.90. The van der Waals surface area contributed by atoms with Crippen molar-refractivity contribution in [3.05, 3.63) is 22.8 Å². The molecule has 0 amide bonds. The molecule has 0 bridgehead atoms. The molecule has 0 aliphatic carbocycles. The number of hydrogen-bond acceptors (Lipinski definition) is 5. The molecule has 9 heteroatoms. The van der Waals surface area contributed by atoms with Crippen LogP contribution in [-0.2, 0) is 11.0 Å². The molecular weight excluding hydrogens is 311 g/mol. The smallest absolute Gasteiger partial charge is 0.390 e. The predicted octanol–water partition coefficient (Wildman–Crippen LogP) is 2.69. The van der Waals surface area contributed by atoms with Crippen molar-refractivity contribution in [2.24, 2.45) is 5.16 Å². The minimum Gasteiger partial charge on any atom is -0.390 e. The number of hydrogen-bond donors (Lipinski definition) is 2. The molecule has 1 aromatic heterocycles. The molecule has 2 rings (SSSR count). The van der Waals surface area contributed by atoms with Crippen molar-refractivity contribution in [2.75, 3.05) is 11.9 Å². The monoisotopic (exact) mass is 323 g/mol. The SMILES string of the molecule is C[C@H](O)C1=NO[C@H](CNc2ncc(C(F)(F)F)cc2Cl)C1. The van der Waals surface area contributed by atoms with Gasteiger partial charge >= 0.3 is 6.18 Å². The highest BCUT2D eigenvalue weighted by molar-refractivity contribution is 6.32. The molecule has 21 heavy (non-hydrogen) atoms. The fourth-order valence-electron chi connectivity index (χ4n) is 1.74. The standard InChI is InChI=1S/C12H13ClF3N3O2/c1-6(20)10-3-8(21-19-10)5-18-11-9(13)2-7(4-17-11)12(14,15)16/h2,4,6,8,20H,3,5H2,1H3,(H,17,18)/t6-,8-/m0/s1. The van der Waals surface area contributed by atoms with Crippen LogP contribution in [0, 0.1) is 0 Å². The highest BCUT2D eigenvalue weighted by Crippen LogP contribution is 2.32. The van der Waals surface area contributed by atoms with Gasteiger partial charge in [0.1, 0.15) is 11.9 Å². The van der Waals surface area contributed by atoms with Gasteiger partial charge in [0, 0.05) is 12.6 Å². The number of anilines is 1. The van der Waals surface area contributed by atoms with Gasteiger partial charge in [-0.3, -0.25) is 0 Å². The summed E-state index contributed by atoms with van der Waals surface area (Å²) in [6.45, 7) is 1.84. The molecule has 1 aliphatic heterocycles. The van der Waals surface area contributed by atoms with E-state index < -0.39 is 17.8 Å². The van der Waals surface area contributed by atoms with Gasteiger partial charge in [0.05, 0.1) is 28.9 Å². The molecule has 0 spiro atoms. The zero-order valence-electron chi connectivity index (χ0n) is 11.0. The van der Waals surface area contributed by atoms with E-state index in [2.05, 4.69) is 15.5 Å². The molecule has 2 atom stereocenters. The van der Waals surface area contributed by atoms with E-state index in [1.807, 2.05) is 0 Å². The number of aromatic nitrogens is 1. The van der Waals surface area contributed by atoms with Gasteiger partial charge in [0.2, 0.25) is 0 Å². The van der Waals surface area contributed by atoms with E-state index in [1.54, 1.807) is 6.92 Å². The van der Waals surface area contributed by atoms with Crippen LogP contribution in [0.15, 0.2) is 17.4 Å². The topological polar surface area (TPSA) is 66.7 Å². The van der Waals surface area contributed by atoms with Crippen LogP contribution in [0.2, 0.25) is 5.02 Å². The van der Waals surface area contributed by atoms with Crippen LogP contribution < -0.4 is 5.32 Å². The molecule has 2 heterocycles. The Morgan fingerprint density at radius 2 is 2.29 bits per heavy atom. The maximum Gasteiger partial charge on any atom is 0.417 e. The molecule has 0 aromatic carbocycles. The number of nitrogens with one attached hydrogen (secondary N) is 1. The first-order valence-electron chi connectivity index (χ1n) is 6.14. The first-order chi connectivity index (χ1) is 9.77. The molecule has 0 radical (unpaired) electrons. The third kappa shape index (κ3) is 3.98. The quantitative estimate of drug-likeness (QED) is 0.894. The summed E-state index contributed by atoms with van der Waals surface area (Å²) in [5.41, 5.74) is -0.386. The van der Waals surface area contributed by atoms with E-state index >= 15 is 0 Å². The van der Waals surface area contributed by atoms with Crippen molar-refractivity contribution >= 4 is 23.1 Å². The number of rotatable bonds is 4. The molecule has 0 fully saturated rings. The van der Waals surface area contributed by atoms with Crippen LogP contribution in [0.25, 0.3) is 0 Å². The van der Waals surface area contributed by atoms with Crippen molar-refractivity contribution in [3.63, 3.8) is 0 Å². The molecule has 0 unspecified atom stereocenters. The minimum atomic E-state index is -4.48. The van der Waals surface area contributed by atoms with Crippen molar-refractivity contribution in [1.29, 1.82) is 0 Å². The van der Waals surface area contributed by atoms with E-state index in [4.69, 9.17) is 16.4 Å². The van der Waals surface area contributed by atoms with Gasteiger partial charge in [0.15, 0.2) is 0 Å². The zero-order chi connectivity index (χ0) is 15.6. The Labute approximate surface area is 123 Å². The summed E-state index contributed by atoms with van der Waals surface area (Å²) in [6, 6.07) is 0.810. The fourth-order valence-corrected chi connectivity index (χ4v) is 1.97. The van der Waals surface area contributed by atoms with Crippen molar-refractivity contribution in [3.8, 4) is 0 Å². The zero-order valence-corrected chi connectivity index (χ0v) is 11.7. The van der Waals surface area contributed by atoms with Gasteiger partial charge in [-0.25, -0.2) is 4.98 Å². The number of oxime groups is 1. The Bertz CT molecular complexity index is 549. The lowest BCUT2D eigenvalue weighted by Gasteiger charge is -2.13. The van der Waals surface area contributed by atoms with Gasteiger partial charge in [-0.1, -0.05) is 16.8 Å². The summed E-state index contributed by atoms with van der Waals surface area (Å²) in [4.78, 5) is 8.74. The summed E-state index contributed by atoms with van der Waals surface area (Å²) in [6.07, 6.45) is -4.36. The summed E-state index contributed by atoms with van der Waals surface area (Å²) >= 11 is 5.77. The van der Waals surface area contributed by atoms with Crippen LogP contribution in [-0.4, -0.2) is 34.6 Å². The van der Waals surface area contributed by atoms with Gasteiger partial charge in [0.25, 0.3) is 0 Å². The van der Waals surface area contributed by atoms with E-state index in [1.165, 1.54) is 0 Å². The number of halogens is 4. The van der Waals surface area contributed by atoms with Crippen molar-refractivity contribution in [2.45, 2.75) is 31.7 Å². The Morgan fingerprint density at radius 1 is 1.57 bits per heavy atom. The summed E-state index contributed by atoms with van der Waals surface area (Å²) < 4.78 is 37.4. The molecule has 0 saturated heterocycles. The molecule has 5 nitrogen and oxygen atoms in total. The normalized spacial score (nSPS) is 19.9. The average molecular weight is 324 g/mol. The van der Waals surface area contributed by atoms with Crippen LogP contribution in [0.3, 0.4) is 0 Å². The minimum absolute atomic E-state index is 0.125. The van der Waals surface area contributed by atoms with Gasteiger partial charge < -0.3 is 15.3 Å². The van der Waals surface area contributed by atoms with E-state index in [-0.39, 0.29) is 23.5 Å². The van der Waals surface area contributed by atoms with Crippen LogP contribution in [0.4, 0.5) is 19.0 Å². The highest BCUT2D eigenvalue weighted by Gasteiger charge is 2.31. The molecule has 1 aliphatic rings. The first kappa shape index (κ1) is 15.8. The van der Waals surface area contributed by atoms with Crippen molar-refractivity contribution < 1.29 is 23.1 Å². The first-order valence-corrected chi connectivity index (χ1v) is 6.52. The van der Waals surface area contributed by atoms with Gasteiger partial charge in [-0.2, -0.15) is 13.2 Å². The highest BCUT2D eigenvalue weighted by atomic mass is 35.5. The Morgan fingerprint density at radius 3 is 2.81 bits per heavy atom. The lowest BCUT2D eigenvalue weighted by atomic mass is 10.1. The maximum atomic E-state index is 12.5. The number of alkyl halides is 3. The second kappa shape index (κ2) is 6.07. The summed E-state index contributed by atoms with van der Waals surface area (Å²) in [7, 11) is 0. The van der Waals surface area contributed by atoms with E-state index in [0.29, 0.717) is 18.3 Å². The molecule has 0 saturated carbocycles. The Kier molecular flexibility index (Phi) is 4.58. The summed E-state index contributed by atoms with van der Waals surface area (Å²) in [5, 5.41) is 15.7. The van der Waals surface area contributed by atoms with E-state index in [0.717, 1.165) is 6.07 Å². The van der Waals surface area contributed by atoms with Crippen LogP contribution >= 0.6 is 11.6 Å². The number of nitrogens with zero attached hydrogens (tertiary/aromatic N) is 2. The van der Waals surface area contributed by atoms with Crippen LogP contribution in [0.1, 0.15) is 18.9 Å². The number of aliphatic hydroxyl groups excluding tert-OH is 1. The number of aliphatic hydroxyl groups is 1. The lowest BCUT2D eigenvalue weighted by molar-refractivity contribution is -0.137. The van der Waals surface area contributed by atoms with Gasteiger partial charge in [-0.15, -0.1) is 0 Å². The van der Waals surface area contributed by atoms with E-state index in [9.17, 15) is 18.3 Å². The predicted molar refractivity (Wildman–Crippen MR) is 71.3 cm³/mol. The third-order valence-corrected chi connectivity index (χ3v) is 3.19. The Balaban J connectivity index is 1.93. The Hall–Kier alpha value is -1.54. The second-order valence-electron chi connectivity index (χ2n) is 4.62. The summed E-state index contributed by atoms with van der Waals surface area (Å²) in [5.74, 6) is 0.138. The van der Waals surface area contributed by atoms with Crippen LogP contribution in [0.5, 0.6) is 0 Å². The largest absolute Gasteiger partial charge is 0.417 e. The fraction of sp³-hybridized carbons (Fsp3) is 0.500. The second-order valence-corrected chi connectivity index (χ2v) is 5.03.